The first-order valence-electron chi connectivity index (χ1n) is 7.81. The third-order valence-electron chi connectivity index (χ3n) is 4.21. The Balaban J connectivity index is 2.12. The quantitative estimate of drug-likeness (QED) is 0.560. The summed E-state index contributed by atoms with van der Waals surface area (Å²) in [5, 5.41) is 13.4. The van der Waals surface area contributed by atoms with Crippen molar-refractivity contribution in [1.29, 1.82) is 0 Å². The largest absolute Gasteiger partial charge is 0.569 e. The van der Waals surface area contributed by atoms with Gasteiger partial charge in [-0.1, -0.05) is 49.7 Å². The molecule has 3 aromatic carbocycles. The van der Waals surface area contributed by atoms with E-state index in [9.17, 15) is 0 Å². The fourth-order valence-corrected chi connectivity index (χ4v) is 3.24. The van der Waals surface area contributed by atoms with E-state index in [-0.39, 0.29) is 0 Å². The van der Waals surface area contributed by atoms with E-state index in [0.29, 0.717) is 19.0 Å². The normalized spacial score (nSPS) is 11.4. The molecule has 0 aliphatic rings. The second kappa shape index (κ2) is 5.63. The van der Waals surface area contributed by atoms with Crippen LogP contribution in [-0.4, -0.2) is 12.7 Å². The van der Waals surface area contributed by atoms with Crippen molar-refractivity contribution in [3.05, 3.63) is 54.1 Å². The lowest BCUT2D eigenvalue weighted by Gasteiger charge is -2.08. The first-order chi connectivity index (χ1) is 11.3. The van der Waals surface area contributed by atoms with Gasteiger partial charge in [0.25, 0.3) is 0 Å². The lowest BCUT2D eigenvalue weighted by molar-refractivity contribution is 0.451. The number of hydrogen-bond donors (Lipinski definition) is 1. The molecule has 4 aromatic rings. The summed E-state index contributed by atoms with van der Waals surface area (Å²) in [5.74, 6) is 0.528. The van der Waals surface area contributed by atoms with Crippen LogP contribution >= 0.6 is 0 Å². The zero-order valence-corrected chi connectivity index (χ0v) is 12.9. The maximum absolute atomic E-state index is 9.08. The van der Waals surface area contributed by atoms with E-state index in [1.54, 1.807) is 0 Å². The van der Waals surface area contributed by atoms with Crippen molar-refractivity contribution in [2.24, 2.45) is 0 Å². The summed E-state index contributed by atoms with van der Waals surface area (Å²) < 4.78 is 11.3. The molecule has 0 bridgehead atoms. The Morgan fingerprint density at radius 2 is 1.96 bits per heavy atom. The number of aryl methyl sites for hydroxylation is 1. The van der Waals surface area contributed by atoms with Gasteiger partial charge in [-0.05, 0) is 34.9 Å². The second-order valence-corrected chi connectivity index (χ2v) is 5.71. The fraction of sp³-hybridized carbons (Fsp3) is 0.158. The molecule has 0 unspecified atom stereocenters. The van der Waals surface area contributed by atoms with Gasteiger partial charge in [-0.15, -0.1) is 0 Å². The highest BCUT2D eigenvalue weighted by molar-refractivity contribution is 6.23. The van der Waals surface area contributed by atoms with Gasteiger partial charge in [0.1, 0.15) is 11.3 Å². The monoisotopic (exact) mass is 303 g/mol. The molecule has 1 aromatic heterocycles. The number of para-hydroxylation sites is 1. The smallest absolute Gasteiger partial charge is 0.535 e. The van der Waals surface area contributed by atoms with Crippen LogP contribution in [0.2, 0.25) is 0 Å². The van der Waals surface area contributed by atoms with Gasteiger partial charge in [-0.3, -0.25) is 0 Å². The third kappa shape index (κ3) is 2.26. The lowest BCUT2D eigenvalue weighted by atomic mass is 9.99. The Labute approximate surface area is 134 Å². The van der Waals surface area contributed by atoms with Crippen LogP contribution in [0.5, 0.6) is 5.75 Å². The van der Waals surface area contributed by atoms with E-state index in [1.807, 2.05) is 30.3 Å². The zero-order valence-electron chi connectivity index (χ0n) is 12.9. The summed E-state index contributed by atoms with van der Waals surface area (Å²) in [6.07, 6.45) is 2.15. The van der Waals surface area contributed by atoms with Gasteiger partial charge in [-0.25, -0.2) is 0 Å². The molecular formula is C19H16BO3. The summed E-state index contributed by atoms with van der Waals surface area (Å²) in [7, 11) is 0.698. The molecule has 0 atom stereocenters. The molecular weight excluding hydrogens is 287 g/mol. The molecule has 23 heavy (non-hydrogen) atoms. The molecule has 0 aliphatic heterocycles. The van der Waals surface area contributed by atoms with Gasteiger partial charge in [0.05, 0.1) is 0 Å². The van der Waals surface area contributed by atoms with E-state index < -0.39 is 0 Å². The number of rotatable bonds is 4. The topological polar surface area (TPSA) is 42.6 Å². The Morgan fingerprint density at radius 1 is 1.09 bits per heavy atom. The van der Waals surface area contributed by atoms with E-state index in [2.05, 4.69) is 25.1 Å². The van der Waals surface area contributed by atoms with Gasteiger partial charge < -0.3 is 14.1 Å². The van der Waals surface area contributed by atoms with Crippen LogP contribution < -0.4 is 4.65 Å². The predicted octanol–water partition coefficient (Wildman–Crippen LogP) is 4.60. The molecule has 3 nitrogen and oxygen atoms in total. The van der Waals surface area contributed by atoms with Crippen LogP contribution in [0.1, 0.15) is 18.9 Å². The number of benzene rings is 3. The molecule has 4 heteroatoms. The van der Waals surface area contributed by atoms with Crippen molar-refractivity contribution in [2.45, 2.75) is 19.8 Å². The molecule has 0 spiro atoms. The fourth-order valence-electron chi connectivity index (χ4n) is 3.24. The van der Waals surface area contributed by atoms with E-state index in [4.69, 9.17) is 14.1 Å². The molecule has 113 valence electrons. The summed E-state index contributed by atoms with van der Waals surface area (Å²) in [4.78, 5) is 0. The van der Waals surface area contributed by atoms with Gasteiger partial charge in [0, 0.05) is 10.8 Å². The molecule has 0 fully saturated rings. The lowest BCUT2D eigenvalue weighted by Crippen LogP contribution is -2.00. The van der Waals surface area contributed by atoms with Gasteiger partial charge in [-0.2, -0.15) is 0 Å². The van der Waals surface area contributed by atoms with Crippen LogP contribution in [0, 0.1) is 0 Å². The van der Waals surface area contributed by atoms with Crippen molar-refractivity contribution in [2.75, 3.05) is 0 Å². The maximum Gasteiger partial charge on any atom is 0.569 e. The molecule has 1 N–H and O–H groups in total. The highest BCUT2D eigenvalue weighted by Gasteiger charge is 2.16. The standard InChI is InChI=1S/C19H16BO3/c1-2-5-12-8-9-14-13(10-12)11-17(23-20-21)19-18(14)15-6-3-4-7-16(15)22-19/h3-4,6-11,21H,2,5H2,1H3. The van der Waals surface area contributed by atoms with Crippen molar-refractivity contribution in [3.63, 3.8) is 0 Å². The van der Waals surface area contributed by atoms with Crippen molar-refractivity contribution in [3.8, 4) is 5.75 Å². The summed E-state index contributed by atoms with van der Waals surface area (Å²) >= 11 is 0. The van der Waals surface area contributed by atoms with Crippen molar-refractivity contribution in [1.82, 2.24) is 0 Å². The Hall–Kier alpha value is -2.46. The Morgan fingerprint density at radius 3 is 2.78 bits per heavy atom. The van der Waals surface area contributed by atoms with E-state index in [1.165, 1.54) is 5.56 Å². The maximum atomic E-state index is 9.08. The molecule has 0 aliphatic carbocycles. The predicted molar refractivity (Wildman–Crippen MR) is 93.8 cm³/mol. The Kier molecular flexibility index (Phi) is 3.47. The van der Waals surface area contributed by atoms with Crippen LogP contribution in [0.15, 0.2) is 52.9 Å². The molecule has 0 saturated heterocycles. The van der Waals surface area contributed by atoms with Crippen LogP contribution in [-0.2, 0) is 6.42 Å². The molecule has 4 rings (SSSR count). The number of fused-ring (bicyclic) bond motifs is 5. The minimum atomic E-state index is 0.528. The highest BCUT2D eigenvalue weighted by Crippen LogP contribution is 2.40. The first-order valence-corrected chi connectivity index (χ1v) is 7.81. The number of furan rings is 1. The summed E-state index contributed by atoms with van der Waals surface area (Å²) in [5.41, 5.74) is 2.77. The summed E-state index contributed by atoms with van der Waals surface area (Å²) in [6.45, 7) is 2.17. The average molecular weight is 303 g/mol. The van der Waals surface area contributed by atoms with Crippen molar-refractivity contribution < 1.29 is 14.1 Å². The van der Waals surface area contributed by atoms with Crippen LogP contribution in [0.25, 0.3) is 32.7 Å². The SMILES string of the molecule is CCCc1ccc2c(c1)cc(O[B]O)c1oc3ccccc3c12. The summed E-state index contributed by atoms with van der Waals surface area (Å²) in [6, 6.07) is 16.4. The second-order valence-electron chi connectivity index (χ2n) is 5.71. The van der Waals surface area contributed by atoms with Crippen LogP contribution in [0.4, 0.5) is 0 Å². The van der Waals surface area contributed by atoms with Gasteiger partial charge in [0.15, 0.2) is 5.58 Å². The molecule has 1 heterocycles. The van der Waals surface area contributed by atoms with Gasteiger partial charge >= 0.3 is 7.69 Å². The molecule has 1 radical (unpaired) electrons. The van der Waals surface area contributed by atoms with E-state index >= 15 is 0 Å². The minimum Gasteiger partial charge on any atom is -0.535 e. The van der Waals surface area contributed by atoms with Crippen LogP contribution in [0.3, 0.4) is 0 Å². The molecule has 0 saturated carbocycles. The van der Waals surface area contributed by atoms with Crippen molar-refractivity contribution >= 4 is 40.4 Å². The zero-order chi connectivity index (χ0) is 15.8. The average Bonchev–Trinajstić information content (AvgIpc) is 2.95. The van der Waals surface area contributed by atoms with Gasteiger partial charge in [0.2, 0.25) is 0 Å². The minimum absolute atomic E-state index is 0.528. The molecule has 0 amide bonds. The third-order valence-corrected chi connectivity index (χ3v) is 4.21. The highest BCUT2D eigenvalue weighted by atomic mass is 16.5. The van der Waals surface area contributed by atoms with E-state index in [0.717, 1.165) is 40.0 Å². The number of hydrogen-bond acceptors (Lipinski definition) is 3. The first kappa shape index (κ1) is 14.2. The Bertz CT molecular complexity index is 1000.